The van der Waals surface area contributed by atoms with Crippen molar-refractivity contribution in [2.75, 3.05) is 11.1 Å². The lowest BCUT2D eigenvalue weighted by Gasteiger charge is -2.10. The molecule has 0 saturated heterocycles. The van der Waals surface area contributed by atoms with E-state index in [4.69, 9.17) is 9.83 Å². The first-order valence-electron chi connectivity index (χ1n) is 11.6. The van der Waals surface area contributed by atoms with Crippen LogP contribution in [0.25, 0.3) is 16.5 Å². The van der Waals surface area contributed by atoms with Gasteiger partial charge >= 0.3 is 6.03 Å². The van der Waals surface area contributed by atoms with Gasteiger partial charge in [0.05, 0.1) is 12.0 Å². The number of anilines is 1. The molecule has 1 aromatic heterocycles. The zero-order chi connectivity index (χ0) is 25.5. The molecule has 2 amide bonds. The third kappa shape index (κ3) is 5.95. The van der Waals surface area contributed by atoms with Gasteiger partial charge in [-0.15, -0.1) is 0 Å². The molecule has 0 spiro atoms. The van der Waals surface area contributed by atoms with Crippen molar-refractivity contribution in [3.8, 4) is 0 Å². The summed E-state index contributed by atoms with van der Waals surface area (Å²) >= 11 is 1.25. The van der Waals surface area contributed by atoms with E-state index in [0.29, 0.717) is 28.3 Å². The lowest BCUT2D eigenvalue weighted by atomic mass is 9.99. The summed E-state index contributed by atoms with van der Waals surface area (Å²) in [5, 5.41) is 12.4. The van der Waals surface area contributed by atoms with Gasteiger partial charge in [0, 0.05) is 34.8 Å². The highest BCUT2D eigenvalue weighted by atomic mass is 32.2. The number of aliphatic imine (C=N–C) groups is 2. The van der Waals surface area contributed by atoms with Gasteiger partial charge in [-0.1, -0.05) is 43.0 Å². The molecule has 0 fully saturated rings. The number of carbonyl (C=O) groups excluding carboxylic acids is 2. The van der Waals surface area contributed by atoms with E-state index < -0.39 is 6.03 Å². The third-order valence-electron chi connectivity index (χ3n) is 5.59. The van der Waals surface area contributed by atoms with Gasteiger partial charge in [-0.3, -0.25) is 10.2 Å². The monoisotopic (exact) mass is 498 g/mol. The van der Waals surface area contributed by atoms with Crippen LogP contribution < -0.4 is 5.32 Å². The number of amides is 2. The minimum atomic E-state index is -0.526. The highest BCUT2D eigenvalue weighted by molar-refractivity contribution is 8.14. The number of carbonyl (C=O) groups is 2. The van der Waals surface area contributed by atoms with Gasteiger partial charge in [0.25, 0.3) is 0 Å². The van der Waals surface area contributed by atoms with Gasteiger partial charge in [0.15, 0.2) is 5.84 Å². The number of nitrogens with one attached hydrogen (secondary N) is 2. The highest BCUT2D eigenvalue weighted by Crippen LogP contribution is 2.31. The van der Waals surface area contributed by atoms with Crippen molar-refractivity contribution in [3.63, 3.8) is 0 Å². The molecule has 0 saturated carbocycles. The van der Waals surface area contributed by atoms with E-state index in [9.17, 15) is 9.59 Å². The molecular formula is C28H26N4O3S. The van der Waals surface area contributed by atoms with Crippen LogP contribution in [0.15, 0.2) is 81.4 Å². The van der Waals surface area contributed by atoms with E-state index >= 15 is 0 Å². The summed E-state index contributed by atoms with van der Waals surface area (Å²) in [4.78, 5) is 33.6. The molecule has 0 radical (unpaired) electrons. The smallest absolute Gasteiger partial charge is 0.346 e. The van der Waals surface area contributed by atoms with E-state index in [2.05, 4.69) is 15.3 Å². The second-order valence-electron chi connectivity index (χ2n) is 8.08. The zero-order valence-electron chi connectivity index (χ0n) is 20.1. The summed E-state index contributed by atoms with van der Waals surface area (Å²) in [5.41, 5.74) is 4.46. The molecule has 2 N–H and O–H groups in total. The van der Waals surface area contributed by atoms with Crippen LogP contribution in [0.1, 0.15) is 37.0 Å². The van der Waals surface area contributed by atoms with Crippen molar-refractivity contribution in [1.29, 1.82) is 5.41 Å². The predicted octanol–water partition coefficient (Wildman–Crippen LogP) is 6.69. The fraction of sp³-hybridized carbons (Fsp3) is 0.179. The lowest BCUT2D eigenvalue weighted by molar-refractivity contribution is -0.115. The van der Waals surface area contributed by atoms with E-state index in [-0.39, 0.29) is 23.8 Å². The number of nitrogens with zero attached hydrogens (tertiary/aromatic N) is 2. The minimum Gasteiger partial charge on any atom is -0.464 e. The number of aryl methyl sites for hydroxylation is 1. The quantitative estimate of drug-likeness (QED) is 0.302. The number of hydrogen-bond acceptors (Lipinski definition) is 5. The molecule has 2 heterocycles. The average molecular weight is 499 g/mol. The number of urea groups is 1. The first-order valence-corrected chi connectivity index (χ1v) is 12.6. The summed E-state index contributed by atoms with van der Waals surface area (Å²) in [7, 11) is 0. The van der Waals surface area contributed by atoms with Crippen molar-refractivity contribution in [1.82, 2.24) is 0 Å². The van der Waals surface area contributed by atoms with Crippen molar-refractivity contribution in [3.05, 3.63) is 83.6 Å². The molecule has 0 unspecified atom stereocenters. The number of allylic oxidation sites excluding steroid dienone is 3. The van der Waals surface area contributed by atoms with Crippen LogP contribution in [0, 0.1) is 5.41 Å². The molecule has 8 heteroatoms. The van der Waals surface area contributed by atoms with Gasteiger partial charge in [-0.2, -0.15) is 4.99 Å². The number of rotatable bonds is 5. The molecule has 0 atom stereocenters. The maximum absolute atomic E-state index is 12.8. The van der Waals surface area contributed by atoms with Gasteiger partial charge in [0.1, 0.15) is 16.4 Å². The maximum atomic E-state index is 12.8. The largest absolute Gasteiger partial charge is 0.464 e. The topological polar surface area (TPSA) is 108 Å². The lowest BCUT2D eigenvalue weighted by Crippen LogP contribution is -2.11. The van der Waals surface area contributed by atoms with E-state index in [1.165, 1.54) is 11.8 Å². The number of thioether (sulfide) groups is 1. The molecule has 2 aromatic carbocycles. The van der Waals surface area contributed by atoms with Crippen molar-refractivity contribution in [2.45, 2.75) is 26.7 Å². The van der Waals surface area contributed by atoms with Crippen LogP contribution in [-0.4, -0.2) is 34.7 Å². The fourth-order valence-corrected chi connectivity index (χ4v) is 4.60. The third-order valence-corrected chi connectivity index (χ3v) is 6.56. The Morgan fingerprint density at radius 3 is 2.92 bits per heavy atom. The number of Topliss-reactive ketones (excluding diaryl/α,β-unsaturated/α-hetero) is 1. The van der Waals surface area contributed by atoms with Crippen molar-refractivity contribution in [2.24, 2.45) is 9.98 Å². The normalized spacial score (nSPS) is 15.6. The van der Waals surface area contributed by atoms with Crippen LogP contribution in [0.3, 0.4) is 0 Å². The fourth-order valence-electron chi connectivity index (χ4n) is 3.82. The second-order valence-corrected chi connectivity index (χ2v) is 9.07. The Bertz CT molecular complexity index is 1450. The Morgan fingerprint density at radius 2 is 2.11 bits per heavy atom. The molecule has 0 aliphatic carbocycles. The number of hydrogen-bond donors (Lipinski definition) is 2. The first kappa shape index (κ1) is 25.1. The molecule has 0 bridgehead atoms. The van der Waals surface area contributed by atoms with E-state index in [1.807, 2.05) is 50.3 Å². The molecular weight excluding hydrogens is 472 g/mol. The number of amidine groups is 1. The van der Waals surface area contributed by atoms with Crippen LogP contribution in [-0.2, 0) is 11.2 Å². The van der Waals surface area contributed by atoms with E-state index in [1.54, 1.807) is 36.8 Å². The number of ketones is 1. The van der Waals surface area contributed by atoms with Gasteiger partial charge in [-0.05, 0) is 60.9 Å². The Labute approximate surface area is 213 Å². The maximum Gasteiger partial charge on any atom is 0.346 e. The summed E-state index contributed by atoms with van der Waals surface area (Å²) in [6.07, 6.45) is 9.49. The van der Waals surface area contributed by atoms with Crippen molar-refractivity contribution >= 4 is 62.9 Å². The minimum absolute atomic E-state index is 0.0591. The standard InChI is InChI=1S/C28H26N4O3S/c1-3-5-12-30-27(29)20-9-10-24(18(4-2)14-20)31-28(34)32-25-16-21(15-22(33)17-36-25)23-8-6-7-19-11-13-35-26(19)23/h3,5-14,16,29H,4,15,17H2,1-2H3,(H,31,34)/b5-3-,29-27?,30-12?,32-25-. The van der Waals surface area contributed by atoms with E-state index in [0.717, 1.165) is 22.1 Å². The summed E-state index contributed by atoms with van der Waals surface area (Å²) in [6.45, 7) is 3.86. The Morgan fingerprint density at radius 1 is 1.25 bits per heavy atom. The van der Waals surface area contributed by atoms with Gasteiger partial charge in [-0.25, -0.2) is 9.79 Å². The molecule has 7 nitrogen and oxygen atoms in total. The summed E-state index contributed by atoms with van der Waals surface area (Å²) in [6, 6.07) is 12.5. The van der Waals surface area contributed by atoms with Crippen LogP contribution >= 0.6 is 11.8 Å². The van der Waals surface area contributed by atoms with Crippen LogP contribution in [0.2, 0.25) is 0 Å². The van der Waals surface area contributed by atoms with Crippen LogP contribution in [0.4, 0.5) is 10.5 Å². The summed E-state index contributed by atoms with van der Waals surface area (Å²) < 4.78 is 5.65. The second kappa shape index (κ2) is 11.6. The molecule has 1 aliphatic rings. The van der Waals surface area contributed by atoms with Crippen molar-refractivity contribution < 1.29 is 14.0 Å². The number of benzene rings is 2. The van der Waals surface area contributed by atoms with Crippen LogP contribution in [0.5, 0.6) is 0 Å². The number of fused-ring (bicyclic) bond motifs is 1. The average Bonchev–Trinajstić information content (AvgIpc) is 3.28. The Hall–Kier alpha value is -4.04. The SMILES string of the molecule is C/C=C\C=NC(=N)c1ccc(NC(=O)/N=C2/C=C(c3cccc4ccoc34)CC(=O)CS2)c(CC)c1. The highest BCUT2D eigenvalue weighted by Gasteiger charge is 2.19. The molecule has 182 valence electrons. The predicted molar refractivity (Wildman–Crippen MR) is 149 cm³/mol. The summed E-state index contributed by atoms with van der Waals surface area (Å²) in [5.74, 6) is 0.443. The first-order chi connectivity index (χ1) is 17.5. The van der Waals surface area contributed by atoms with Gasteiger partial charge < -0.3 is 9.73 Å². The zero-order valence-corrected chi connectivity index (χ0v) is 20.9. The Balaban J connectivity index is 1.57. The molecule has 36 heavy (non-hydrogen) atoms. The number of para-hydroxylation sites is 1. The van der Waals surface area contributed by atoms with Gasteiger partial charge in [0.2, 0.25) is 0 Å². The Kier molecular flexibility index (Phi) is 8.07. The molecule has 4 rings (SSSR count). The molecule has 3 aromatic rings. The number of furan rings is 1. The molecule has 1 aliphatic heterocycles.